The molecule has 0 aromatic carbocycles. The van der Waals surface area contributed by atoms with E-state index in [1.807, 2.05) is 90.0 Å². The van der Waals surface area contributed by atoms with Gasteiger partial charge in [-0.15, -0.1) is 0 Å². The number of esters is 14. The largest absolute Gasteiger partial charge is 0.465 e. The molecule has 16 unspecified atom stereocenters. The summed E-state index contributed by atoms with van der Waals surface area (Å²) in [5, 5.41) is 21.2. The molecule has 18 rings (SSSR count). The van der Waals surface area contributed by atoms with Gasteiger partial charge in [0.2, 0.25) is 12.2 Å². The maximum absolute atomic E-state index is 12.4. The summed E-state index contributed by atoms with van der Waals surface area (Å²) in [7, 11) is 0. The van der Waals surface area contributed by atoms with E-state index >= 15 is 0 Å². The first-order chi connectivity index (χ1) is 61.5. The van der Waals surface area contributed by atoms with Crippen LogP contribution in [-0.2, 0) is 133 Å². The van der Waals surface area contributed by atoms with Crippen LogP contribution in [0.25, 0.3) is 0 Å². The van der Waals surface area contributed by atoms with Crippen LogP contribution in [0.1, 0.15) is 331 Å². The second kappa shape index (κ2) is 44.0. The zero-order valence-corrected chi connectivity index (χ0v) is 82.6. The van der Waals surface area contributed by atoms with Crippen LogP contribution in [0.2, 0.25) is 0 Å². The van der Waals surface area contributed by atoms with Crippen LogP contribution in [0.5, 0.6) is 0 Å². The van der Waals surface area contributed by atoms with Gasteiger partial charge >= 0.3 is 83.6 Å². The summed E-state index contributed by atoms with van der Waals surface area (Å²) in [6.45, 7) is 45.2. The Balaban J connectivity index is 0.000000171. The molecule has 0 radical (unpaired) electrons. The van der Waals surface area contributed by atoms with Crippen LogP contribution in [0.4, 0.5) is 0 Å². The summed E-state index contributed by atoms with van der Waals surface area (Å²) in [5.41, 5.74) is -3.46. The Labute approximate surface area is 781 Å². The lowest BCUT2D eigenvalue weighted by Crippen LogP contribution is -2.61. The summed E-state index contributed by atoms with van der Waals surface area (Å²) in [6.07, 6.45) is 25.6. The smallest absolute Gasteiger partial charge is 0.347 e. The van der Waals surface area contributed by atoms with E-state index in [4.69, 9.17) is 61.6 Å². The topological polar surface area (TPSA) is 409 Å². The van der Waals surface area contributed by atoms with Crippen LogP contribution in [0.3, 0.4) is 0 Å². The van der Waals surface area contributed by atoms with E-state index in [0.717, 1.165) is 116 Å². The molecule has 4 saturated heterocycles. The van der Waals surface area contributed by atoms with E-state index in [1.165, 1.54) is 52.4 Å². The van der Waals surface area contributed by atoms with Gasteiger partial charge in [-0.25, -0.2) is 28.8 Å². The predicted molar refractivity (Wildman–Crippen MR) is 479 cm³/mol. The van der Waals surface area contributed by atoms with Crippen LogP contribution >= 0.6 is 0 Å². The monoisotopic (exact) mass is 1860 g/mol. The second-order valence-corrected chi connectivity index (χ2v) is 44.8. The second-order valence-electron chi connectivity index (χ2n) is 44.8. The molecule has 132 heavy (non-hydrogen) atoms. The standard InChI is InChI=1S/C17H24O6.C16H26O3.C15H18O6.C14H22O3.C12H22O2.C10H16O4.C10H18O2.C8H10O4/c1-4-17(2,3)16(20)22-8-13(18)23-12-6-9-5-10(12)14-11(9)7-21-15(14)19;1-4-14(2,3)13(17)19-16-8-11-5-12(9-16)7-15(18,6-11)10-16;1-7(2)14(17)20-6-12(16)21-11-4-8-3-9(11)13-10(8)5-19-15(13)18;1-9(2)12(15)17-14-6-10-3-11(7-14)5-13(16,4-10)8-14;1-5-11(2,3)10(13)14-12(4)8-6-7-9-12;1-4-10(2,3)9(12)14-7-5-6-13-8(7)11;1-8(2)9(11)12-10(3)6-4-5-7-10;1-5(2)7(9)12-6-3-4-11-8(6)10/h9-12,14H,4-8H2,1-3H3;11-12,18H,4-10H2,1-3H3;8-11,13H,1,3-6H2,2H3;9-11,16H,3-8H2,1-2H3;5-9H2,1-4H3;7H,4-6H2,1-3H3;8H,4-7H2,1-3H3;6H,1,3-4H2,2H3. The molecule has 4 aliphatic heterocycles. The Morgan fingerprint density at radius 2 is 0.758 bits per heavy atom. The molecule has 4 heterocycles. The maximum atomic E-state index is 12.4. The first-order valence-electron chi connectivity index (χ1n) is 49.0. The Morgan fingerprint density at radius 1 is 0.409 bits per heavy atom. The number of fused-ring (bicyclic) bond motifs is 10. The van der Waals surface area contributed by atoms with E-state index in [9.17, 15) is 77.3 Å². The molecule has 0 amide bonds. The fourth-order valence-corrected chi connectivity index (χ4v) is 22.4. The molecule has 0 spiro atoms. The summed E-state index contributed by atoms with van der Waals surface area (Å²) >= 11 is 0. The highest BCUT2D eigenvalue weighted by atomic mass is 16.6. The lowest BCUT2D eigenvalue weighted by atomic mass is 9.52. The molecule has 16 atom stereocenters. The molecular weight excluding hydrogens is 1710 g/mol. The van der Waals surface area contributed by atoms with Crippen LogP contribution < -0.4 is 0 Å². The molecule has 0 aromatic heterocycles. The first kappa shape index (κ1) is 108. The number of aliphatic hydroxyl groups is 2. The van der Waals surface area contributed by atoms with E-state index < -0.39 is 88.0 Å². The zero-order valence-electron chi connectivity index (χ0n) is 82.6. The predicted octanol–water partition coefficient (Wildman–Crippen LogP) is 15.4. The zero-order chi connectivity index (χ0) is 98.0. The fraction of sp³-hybridized carbons (Fsp3) is 0.824. The third-order valence-electron chi connectivity index (χ3n) is 31.1. The van der Waals surface area contributed by atoms with Gasteiger partial charge in [0, 0.05) is 60.5 Å². The quantitative estimate of drug-likeness (QED) is 0.0515. The molecule has 30 nitrogen and oxygen atoms in total. The highest BCUT2D eigenvalue weighted by Crippen LogP contribution is 2.62. The van der Waals surface area contributed by atoms with Gasteiger partial charge in [-0.1, -0.05) is 68.5 Å². The fourth-order valence-electron chi connectivity index (χ4n) is 22.4. The van der Waals surface area contributed by atoms with Crippen molar-refractivity contribution < 1.29 is 144 Å². The van der Waals surface area contributed by atoms with Crippen molar-refractivity contribution in [3.63, 3.8) is 0 Å². The minimum absolute atomic E-state index is 0.00225. The molecule has 0 aromatic rings. The van der Waals surface area contributed by atoms with Gasteiger partial charge in [-0.05, 0) is 286 Å². The first-order valence-corrected chi connectivity index (χ1v) is 49.0. The van der Waals surface area contributed by atoms with E-state index in [1.54, 1.807) is 27.7 Å². The Bertz CT molecular complexity index is 4140. The molecule has 12 bridgehead atoms. The third-order valence-corrected chi connectivity index (χ3v) is 31.1. The van der Waals surface area contributed by atoms with Crippen molar-refractivity contribution in [1.29, 1.82) is 0 Å². The highest BCUT2D eigenvalue weighted by Gasteiger charge is 2.64. The number of ether oxygens (including phenoxy) is 14. The van der Waals surface area contributed by atoms with Gasteiger partial charge in [0.15, 0.2) is 13.2 Å². The maximum Gasteiger partial charge on any atom is 0.347 e. The number of cyclic esters (lactones) is 4. The highest BCUT2D eigenvalue weighted by molar-refractivity contribution is 5.90. The summed E-state index contributed by atoms with van der Waals surface area (Å²) in [5.74, 6) is -1.05. The molecule has 18 aliphatic rings. The van der Waals surface area contributed by atoms with Gasteiger partial charge < -0.3 is 76.5 Å². The number of carbonyl (C=O) groups is 14. The van der Waals surface area contributed by atoms with Crippen LogP contribution in [0, 0.1) is 105 Å². The lowest BCUT2D eigenvalue weighted by molar-refractivity contribution is -0.225. The average molecular weight is 1860 g/mol. The molecule has 14 aliphatic carbocycles. The summed E-state index contributed by atoms with van der Waals surface area (Å²) in [6, 6.07) is 0. The lowest BCUT2D eigenvalue weighted by Gasteiger charge is -2.59. The molecule has 14 saturated carbocycles. The van der Waals surface area contributed by atoms with Crippen LogP contribution in [-0.4, -0.2) is 191 Å². The Hall–Kier alpha value is -8.02. The van der Waals surface area contributed by atoms with Gasteiger partial charge in [-0.3, -0.25) is 38.4 Å². The van der Waals surface area contributed by atoms with E-state index in [2.05, 4.69) is 24.8 Å². The van der Waals surface area contributed by atoms with E-state index in [0.29, 0.717) is 112 Å². The summed E-state index contributed by atoms with van der Waals surface area (Å²) < 4.78 is 72.8. The van der Waals surface area contributed by atoms with Crippen molar-refractivity contribution in [2.24, 2.45) is 105 Å². The van der Waals surface area contributed by atoms with E-state index in [-0.39, 0.29) is 135 Å². The molecule has 18 fully saturated rings. The molecule has 744 valence electrons. The molecule has 2 N–H and O–H groups in total. The van der Waals surface area contributed by atoms with Crippen molar-refractivity contribution in [2.45, 2.75) is 389 Å². The van der Waals surface area contributed by atoms with Crippen molar-refractivity contribution in [2.75, 3.05) is 39.6 Å². The van der Waals surface area contributed by atoms with Gasteiger partial charge in [0.05, 0.1) is 83.0 Å². The van der Waals surface area contributed by atoms with Crippen molar-refractivity contribution in [3.8, 4) is 0 Å². The number of rotatable bonds is 24. The van der Waals surface area contributed by atoms with Gasteiger partial charge in [0.25, 0.3) is 0 Å². The van der Waals surface area contributed by atoms with Crippen molar-refractivity contribution in [1.82, 2.24) is 0 Å². The molecule has 30 heteroatoms. The number of hydrogen-bond donors (Lipinski definition) is 2. The SMILES string of the molecule is C=C(C)C(=O)OC1CCOC1=O.C=C(C)C(=O)OCC(=O)OC1CC2CC1C1C(=O)OCC21.CC(C)C(=O)OC1(C)CCCC1.CC(C)C(=O)OC12CC3CC(CC(O)(C3)C1)C2.CCC(C)(C)C(=O)OC1(C)CCCC1.CCC(C)(C)C(=O)OC12CC3CC(CC(O)(C3)C1)C2.CCC(C)(C)C(=O)OC1CCOC1=O.CCC(C)(C)C(=O)OCC(=O)OC1CC2CC1C1C(=O)OCC21. The Kier molecular flexibility index (Phi) is 35.9. The summed E-state index contributed by atoms with van der Waals surface area (Å²) in [4.78, 5) is 162. The van der Waals surface area contributed by atoms with Crippen molar-refractivity contribution >= 4 is 83.6 Å². The minimum atomic E-state index is -0.728. The normalized spacial score (nSPS) is 32.8. The van der Waals surface area contributed by atoms with Crippen LogP contribution in [0.15, 0.2) is 24.3 Å². The molecular formula is C102H156O30. The van der Waals surface area contributed by atoms with Gasteiger partial charge in [-0.2, -0.15) is 0 Å². The van der Waals surface area contributed by atoms with Crippen molar-refractivity contribution in [3.05, 3.63) is 24.3 Å². The third kappa shape index (κ3) is 27.7. The van der Waals surface area contributed by atoms with Gasteiger partial charge in [0.1, 0.15) is 34.6 Å². The minimum Gasteiger partial charge on any atom is -0.465 e. The number of hydrogen-bond acceptors (Lipinski definition) is 30. The average Bonchev–Trinajstić information content (AvgIpc) is 1.59. The Morgan fingerprint density at radius 3 is 1.12 bits per heavy atom. The number of carbonyl (C=O) groups excluding carboxylic acids is 14.